The molecule has 16 heavy (non-hydrogen) atoms. The molecule has 1 heterocycles. The molecule has 0 saturated carbocycles. The van der Waals surface area contributed by atoms with Crippen molar-refractivity contribution in [3.05, 3.63) is 21.0 Å². The Morgan fingerprint density at radius 3 is 3.00 bits per heavy atom. The summed E-state index contributed by atoms with van der Waals surface area (Å²) in [5, 5.41) is 7.16. The number of hydrogen-bond acceptors (Lipinski definition) is 4. The molecule has 0 radical (unpaired) electrons. The summed E-state index contributed by atoms with van der Waals surface area (Å²) in [5.41, 5.74) is 0.565. The summed E-state index contributed by atoms with van der Waals surface area (Å²) in [5.74, 6) is 0. The molecule has 0 aliphatic rings. The Kier molecular flexibility index (Phi) is 4.95. The Bertz CT molecular complexity index is 406. The summed E-state index contributed by atoms with van der Waals surface area (Å²) in [6.07, 6.45) is 2.51. The Hall–Kier alpha value is -0.880. The molecule has 90 valence electrons. The lowest BCUT2D eigenvalue weighted by Crippen LogP contribution is -2.24. The van der Waals surface area contributed by atoms with Crippen molar-refractivity contribution < 1.29 is 4.74 Å². The van der Waals surface area contributed by atoms with Crippen LogP contribution in [0.25, 0.3) is 0 Å². The number of aromatic nitrogens is 2. The summed E-state index contributed by atoms with van der Waals surface area (Å²) >= 11 is 3.26. The zero-order valence-corrected chi connectivity index (χ0v) is 11.2. The normalized spacial score (nSPS) is 12.5. The highest BCUT2D eigenvalue weighted by molar-refractivity contribution is 9.10. The molecule has 1 aromatic rings. The molecule has 1 unspecified atom stereocenters. The molecule has 0 bridgehead atoms. The van der Waals surface area contributed by atoms with Gasteiger partial charge in [0.1, 0.15) is 4.47 Å². The molecule has 1 rings (SSSR count). The van der Waals surface area contributed by atoms with E-state index in [-0.39, 0.29) is 11.6 Å². The van der Waals surface area contributed by atoms with Crippen molar-refractivity contribution in [2.45, 2.75) is 19.4 Å². The van der Waals surface area contributed by atoms with E-state index in [1.807, 2.05) is 6.92 Å². The van der Waals surface area contributed by atoms with Gasteiger partial charge in [0.05, 0.1) is 11.9 Å². The molecular formula is C10H16BrN3O2. The molecule has 6 heteroatoms. The van der Waals surface area contributed by atoms with Crippen LogP contribution in [0.3, 0.4) is 0 Å². The summed E-state index contributed by atoms with van der Waals surface area (Å²) in [4.78, 5) is 11.6. The molecule has 0 fully saturated rings. The highest BCUT2D eigenvalue weighted by atomic mass is 79.9. The Labute approximate surface area is 103 Å². The second kappa shape index (κ2) is 6.00. The first-order valence-electron chi connectivity index (χ1n) is 5.03. The van der Waals surface area contributed by atoms with Gasteiger partial charge in [-0.05, 0) is 29.3 Å². The quantitative estimate of drug-likeness (QED) is 0.890. The maximum absolute atomic E-state index is 11.6. The highest BCUT2D eigenvalue weighted by Crippen LogP contribution is 2.17. The number of methoxy groups -OCH3 is 1. The van der Waals surface area contributed by atoms with Crippen molar-refractivity contribution in [3.63, 3.8) is 0 Å². The van der Waals surface area contributed by atoms with Gasteiger partial charge in [-0.1, -0.05) is 0 Å². The molecule has 0 aromatic carbocycles. The molecule has 1 N–H and O–H groups in total. The van der Waals surface area contributed by atoms with Crippen LogP contribution < -0.4 is 10.9 Å². The number of halogens is 1. The van der Waals surface area contributed by atoms with E-state index in [9.17, 15) is 4.79 Å². The smallest absolute Gasteiger partial charge is 0.282 e. The fraction of sp³-hybridized carbons (Fsp3) is 0.600. The second-order valence-corrected chi connectivity index (χ2v) is 4.42. The van der Waals surface area contributed by atoms with E-state index in [0.29, 0.717) is 16.8 Å². The maximum Gasteiger partial charge on any atom is 0.282 e. The average molecular weight is 290 g/mol. The van der Waals surface area contributed by atoms with E-state index in [1.54, 1.807) is 20.4 Å². The molecular weight excluding hydrogens is 274 g/mol. The van der Waals surface area contributed by atoms with Crippen molar-refractivity contribution in [2.75, 3.05) is 19.0 Å². The molecule has 0 saturated heterocycles. The predicted octanol–water partition coefficient (Wildman–Crippen LogP) is 1.38. The molecule has 1 atom stereocenters. The first-order chi connectivity index (χ1) is 7.56. The van der Waals surface area contributed by atoms with Crippen LogP contribution in [0.5, 0.6) is 0 Å². The van der Waals surface area contributed by atoms with Gasteiger partial charge in [-0.15, -0.1) is 0 Å². The number of nitrogens with one attached hydrogen (secondary N) is 1. The van der Waals surface area contributed by atoms with Gasteiger partial charge in [-0.25, -0.2) is 4.68 Å². The number of anilines is 1. The minimum Gasteiger partial charge on any atom is -0.385 e. The van der Waals surface area contributed by atoms with Crippen LogP contribution in [0.4, 0.5) is 5.69 Å². The first-order valence-corrected chi connectivity index (χ1v) is 5.82. The van der Waals surface area contributed by atoms with Gasteiger partial charge in [0.25, 0.3) is 5.56 Å². The standard InChI is InChI=1S/C10H16BrN3O2/c1-7(4-5-16-3)13-8-6-12-14(2)10(15)9(8)11/h6-7,13H,4-5H2,1-3H3. The van der Waals surface area contributed by atoms with Crippen LogP contribution in [0.2, 0.25) is 0 Å². The number of nitrogens with zero attached hydrogens (tertiary/aromatic N) is 2. The van der Waals surface area contributed by atoms with Gasteiger partial charge in [-0.3, -0.25) is 4.79 Å². The third-order valence-electron chi connectivity index (χ3n) is 2.24. The van der Waals surface area contributed by atoms with Crippen molar-refractivity contribution in [1.82, 2.24) is 9.78 Å². The first kappa shape index (κ1) is 13.2. The molecule has 0 aliphatic heterocycles. The minimum atomic E-state index is -0.149. The Morgan fingerprint density at radius 2 is 2.38 bits per heavy atom. The monoisotopic (exact) mass is 289 g/mol. The van der Waals surface area contributed by atoms with Crippen molar-refractivity contribution >= 4 is 21.6 Å². The lowest BCUT2D eigenvalue weighted by molar-refractivity contribution is 0.191. The van der Waals surface area contributed by atoms with Gasteiger partial charge in [0, 0.05) is 26.8 Å². The molecule has 0 aliphatic carbocycles. The van der Waals surface area contributed by atoms with E-state index in [4.69, 9.17) is 4.74 Å². The predicted molar refractivity (Wildman–Crippen MR) is 66.8 cm³/mol. The number of hydrogen-bond donors (Lipinski definition) is 1. The van der Waals surface area contributed by atoms with Crippen LogP contribution in [-0.4, -0.2) is 29.5 Å². The average Bonchev–Trinajstić information content (AvgIpc) is 2.27. The largest absolute Gasteiger partial charge is 0.385 e. The summed E-state index contributed by atoms with van der Waals surface area (Å²) in [6, 6.07) is 0.227. The van der Waals surface area contributed by atoms with E-state index >= 15 is 0 Å². The van der Waals surface area contributed by atoms with E-state index < -0.39 is 0 Å². The van der Waals surface area contributed by atoms with Crippen molar-refractivity contribution in [1.29, 1.82) is 0 Å². The van der Waals surface area contributed by atoms with Gasteiger partial charge >= 0.3 is 0 Å². The lowest BCUT2D eigenvalue weighted by atomic mass is 10.2. The van der Waals surface area contributed by atoms with Crippen LogP contribution in [0, 0.1) is 0 Å². The zero-order valence-electron chi connectivity index (χ0n) is 9.66. The molecule has 5 nitrogen and oxygen atoms in total. The van der Waals surface area contributed by atoms with Gasteiger partial charge in [0.15, 0.2) is 0 Å². The van der Waals surface area contributed by atoms with Gasteiger partial charge in [0.2, 0.25) is 0 Å². The topological polar surface area (TPSA) is 56.1 Å². The molecule has 0 spiro atoms. The van der Waals surface area contributed by atoms with Gasteiger partial charge in [-0.2, -0.15) is 5.10 Å². The minimum absolute atomic E-state index is 0.149. The van der Waals surface area contributed by atoms with E-state index in [1.165, 1.54) is 4.68 Å². The third-order valence-corrected chi connectivity index (χ3v) is 3.00. The number of rotatable bonds is 5. The summed E-state index contributed by atoms with van der Waals surface area (Å²) < 4.78 is 6.79. The third kappa shape index (κ3) is 3.31. The van der Waals surface area contributed by atoms with Gasteiger partial charge < -0.3 is 10.1 Å². The SMILES string of the molecule is COCCC(C)Nc1cnn(C)c(=O)c1Br. The summed E-state index contributed by atoms with van der Waals surface area (Å²) in [6.45, 7) is 2.72. The second-order valence-electron chi connectivity index (χ2n) is 3.63. The maximum atomic E-state index is 11.6. The van der Waals surface area contributed by atoms with Crippen LogP contribution in [0.1, 0.15) is 13.3 Å². The molecule has 0 amide bonds. The van der Waals surface area contributed by atoms with Crippen LogP contribution >= 0.6 is 15.9 Å². The zero-order chi connectivity index (χ0) is 12.1. The van der Waals surface area contributed by atoms with Crippen LogP contribution in [-0.2, 0) is 11.8 Å². The van der Waals surface area contributed by atoms with E-state index in [2.05, 4.69) is 26.3 Å². The highest BCUT2D eigenvalue weighted by Gasteiger charge is 2.09. The Morgan fingerprint density at radius 1 is 1.69 bits per heavy atom. The fourth-order valence-corrected chi connectivity index (χ4v) is 1.72. The number of aryl methyl sites for hydroxylation is 1. The fourth-order valence-electron chi connectivity index (χ4n) is 1.24. The van der Waals surface area contributed by atoms with Crippen LogP contribution in [0.15, 0.2) is 15.5 Å². The number of ether oxygens (including phenoxy) is 1. The molecule has 1 aromatic heterocycles. The Balaban J connectivity index is 2.74. The van der Waals surface area contributed by atoms with E-state index in [0.717, 1.165) is 6.42 Å². The lowest BCUT2D eigenvalue weighted by Gasteiger charge is -2.15. The summed E-state index contributed by atoms with van der Waals surface area (Å²) in [7, 11) is 3.29. The van der Waals surface area contributed by atoms with Crippen molar-refractivity contribution in [2.24, 2.45) is 7.05 Å². The van der Waals surface area contributed by atoms with Crippen molar-refractivity contribution in [3.8, 4) is 0 Å².